The first kappa shape index (κ1) is 18.3. The largest absolute Gasteiger partial charge is 0.480 e. The maximum Gasteiger partial charge on any atom is 0.322 e. The number of nitro benzene ring substituents is 1. The van der Waals surface area contributed by atoms with E-state index in [0.29, 0.717) is 17.5 Å². The lowest BCUT2D eigenvalue weighted by Crippen LogP contribution is -2.49. The van der Waals surface area contributed by atoms with Crippen LogP contribution in [0.15, 0.2) is 17.0 Å². The van der Waals surface area contributed by atoms with Crippen molar-refractivity contribution >= 4 is 21.7 Å². The van der Waals surface area contributed by atoms with Crippen molar-refractivity contribution in [2.75, 3.05) is 0 Å². The number of aliphatic carboxylic acids is 1. The van der Waals surface area contributed by atoms with E-state index < -0.39 is 32.5 Å². The molecule has 24 heavy (non-hydrogen) atoms. The molecule has 0 saturated carbocycles. The molecule has 1 aromatic rings. The summed E-state index contributed by atoms with van der Waals surface area (Å²) in [7, 11) is -4.19. The van der Waals surface area contributed by atoms with Gasteiger partial charge in [0.05, 0.1) is 9.82 Å². The van der Waals surface area contributed by atoms with Crippen LogP contribution < -0.4 is 0 Å². The fraction of sp³-hybridized carbons (Fsp3) is 0.533. The molecule has 1 N–H and O–H groups in total. The molecule has 1 heterocycles. The summed E-state index contributed by atoms with van der Waals surface area (Å²) in [4.78, 5) is 21.8. The Labute approximate surface area is 140 Å². The van der Waals surface area contributed by atoms with Gasteiger partial charge in [-0.15, -0.1) is 0 Å². The quantitative estimate of drug-likeness (QED) is 0.653. The van der Waals surface area contributed by atoms with Crippen LogP contribution in [0, 0.1) is 24.0 Å². The van der Waals surface area contributed by atoms with Gasteiger partial charge in [-0.25, -0.2) is 8.42 Å². The fourth-order valence-corrected chi connectivity index (χ4v) is 5.20. The first-order chi connectivity index (χ1) is 10.9. The number of sulfonamides is 1. The van der Waals surface area contributed by atoms with Crippen molar-refractivity contribution in [3.63, 3.8) is 0 Å². The third kappa shape index (κ3) is 2.89. The number of nitro groups is 1. The Bertz CT molecular complexity index is 815. The van der Waals surface area contributed by atoms with Gasteiger partial charge in [-0.3, -0.25) is 14.9 Å². The maximum atomic E-state index is 13.0. The van der Waals surface area contributed by atoms with Gasteiger partial charge in [0.15, 0.2) is 0 Å². The highest BCUT2D eigenvalue weighted by molar-refractivity contribution is 7.89. The van der Waals surface area contributed by atoms with Crippen molar-refractivity contribution in [3.05, 3.63) is 33.4 Å². The Kier molecular flexibility index (Phi) is 4.45. The summed E-state index contributed by atoms with van der Waals surface area (Å²) in [6.45, 7) is 6.45. The summed E-state index contributed by atoms with van der Waals surface area (Å²) < 4.78 is 27.1. The van der Waals surface area contributed by atoms with E-state index in [2.05, 4.69) is 0 Å². The van der Waals surface area contributed by atoms with E-state index >= 15 is 0 Å². The number of carbonyl (C=O) groups is 1. The van der Waals surface area contributed by atoms with Crippen molar-refractivity contribution in [2.45, 2.75) is 57.0 Å². The highest BCUT2D eigenvalue weighted by atomic mass is 32.2. The molecule has 1 aliphatic heterocycles. The molecule has 9 heteroatoms. The molecule has 132 valence electrons. The molecule has 0 spiro atoms. The van der Waals surface area contributed by atoms with Gasteiger partial charge in [0.2, 0.25) is 10.0 Å². The Morgan fingerprint density at radius 3 is 2.46 bits per heavy atom. The lowest BCUT2D eigenvalue weighted by atomic mass is 10.0. The normalized spacial score (nSPS) is 20.9. The molecule has 0 aliphatic carbocycles. The van der Waals surface area contributed by atoms with Crippen LogP contribution >= 0.6 is 0 Å². The van der Waals surface area contributed by atoms with Crippen LogP contribution in [0.3, 0.4) is 0 Å². The molecule has 1 aromatic carbocycles. The number of aryl methyl sites for hydroxylation is 1. The molecule has 8 nitrogen and oxygen atoms in total. The van der Waals surface area contributed by atoms with E-state index in [1.807, 2.05) is 0 Å². The molecule has 1 atom stereocenters. The zero-order valence-electron chi connectivity index (χ0n) is 13.9. The average molecular weight is 356 g/mol. The summed E-state index contributed by atoms with van der Waals surface area (Å²) in [5.41, 5.74) is -0.325. The Morgan fingerprint density at radius 2 is 1.96 bits per heavy atom. The highest BCUT2D eigenvalue weighted by Gasteiger charge is 2.50. The molecule has 1 fully saturated rings. The lowest BCUT2D eigenvalue weighted by Gasteiger charge is -2.33. The van der Waals surface area contributed by atoms with Crippen LogP contribution in [0.5, 0.6) is 0 Å². The Morgan fingerprint density at radius 1 is 1.38 bits per heavy atom. The Balaban J connectivity index is 2.66. The predicted octanol–water partition coefficient (Wildman–Crippen LogP) is 2.23. The van der Waals surface area contributed by atoms with Gasteiger partial charge in [0.1, 0.15) is 6.04 Å². The van der Waals surface area contributed by atoms with Crippen LogP contribution in [0.2, 0.25) is 0 Å². The number of carboxylic acid groups (broad SMARTS) is 1. The van der Waals surface area contributed by atoms with E-state index in [-0.39, 0.29) is 17.0 Å². The van der Waals surface area contributed by atoms with Gasteiger partial charge in [0.25, 0.3) is 5.69 Å². The second-order valence-electron chi connectivity index (χ2n) is 6.65. The zero-order valence-corrected chi connectivity index (χ0v) is 14.8. The van der Waals surface area contributed by atoms with Crippen LogP contribution in [-0.4, -0.2) is 40.3 Å². The average Bonchev–Trinajstić information content (AvgIpc) is 2.77. The summed E-state index contributed by atoms with van der Waals surface area (Å²) >= 11 is 0. The van der Waals surface area contributed by atoms with Gasteiger partial charge in [-0.1, -0.05) is 0 Å². The van der Waals surface area contributed by atoms with Crippen molar-refractivity contribution in [1.82, 2.24) is 4.31 Å². The van der Waals surface area contributed by atoms with Crippen LogP contribution in [0.1, 0.15) is 37.8 Å². The highest BCUT2D eigenvalue weighted by Crippen LogP contribution is 2.39. The SMILES string of the molecule is Cc1cc(S(=O)(=O)N2[C@H](C(=O)O)CCC2(C)C)cc([N+](=O)[O-])c1C. The number of hydrogen-bond donors (Lipinski definition) is 1. The Hall–Kier alpha value is -2.00. The molecule has 2 rings (SSSR count). The first-order valence-corrected chi connectivity index (χ1v) is 8.86. The van der Waals surface area contributed by atoms with Gasteiger partial charge in [-0.05, 0) is 52.2 Å². The summed E-state index contributed by atoms with van der Waals surface area (Å²) in [6.07, 6.45) is 0.602. The topological polar surface area (TPSA) is 118 Å². The van der Waals surface area contributed by atoms with Gasteiger partial charge in [-0.2, -0.15) is 4.31 Å². The first-order valence-electron chi connectivity index (χ1n) is 7.42. The summed E-state index contributed by atoms with van der Waals surface area (Å²) in [5.74, 6) is -1.22. The van der Waals surface area contributed by atoms with E-state index in [1.165, 1.54) is 6.07 Å². The van der Waals surface area contributed by atoms with E-state index in [1.54, 1.807) is 27.7 Å². The molecule has 1 aliphatic rings. The lowest BCUT2D eigenvalue weighted by molar-refractivity contribution is -0.385. The third-order valence-electron chi connectivity index (χ3n) is 4.56. The maximum absolute atomic E-state index is 13.0. The molecule has 0 aromatic heterocycles. The van der Waals surface area contributed by atoms with Gasteiger partial charge >= 0.3 is 5.97 Å². The van der Waals surface area contributed by atoms with Gasteiger partial charge in [0, 0.05) is 17.2 Å². The molecule has 0 bridgehead atoms. The van der Waals surface area contributed by atoms with Crippen LogP contribution in [0.25, 0.3) is 0 Å². The van der Waals surface area contributed by atoms with Crippen molar-refractivity contribution < 1.29 is 23.2 Å². The number of nitrogens with zero attached hydrogens (tertiary/aromatic N) is 2. The number of benzene rings is 1. The second-order valence-corrected chi connectivity index (χ2v) is 8.46. The van der Waals surface area contributed by atoms with E-state index in [9.17, 15) is 28.4 Å². The fourth-order valence-electron chi connectivity index (χ4n) is 3.12. The van der Waals surface area contributed by atoms with Crippen molar-refractivity contribution in [2.24, 2.45) is 0 Å². The molecular formula is C15H20N2O6S. The monoisotopic (exact) mass is 356 g/mol. The number of hydrogen-bond acceptors (Lipinski definition) is 5. The summed E-state index contributed by atoms with van der Waals surface area (Å²) in [5, 5.41) is 20.5. The van der Waals surface area contributed by atoms with Crippen molar-refractivity contribution in [1.29, 1.82) is 0 Å². The minimum absolute atomic E-state index is 0.203. The predicted molar refractivity (Wildman–Crippen MR) is 86.3 cm³/mol. The minimum atomic E-state index is -4.19. The minimum Gasteiger partial charge on any atom is -0.480 e. The van der Waals surface area contributed by atoms with E-state index in [4.69, 9.17) is 0 Å². The number of rotatable bonds is 4. The van der Waals surface area contributed by atoms with Crippen LogP contribution in [0.4, 0.5) is 5.69 Å². The van der Waals surface area contributed by atoms with E-state index in [0.717, 1.165) is 10.4 Å². The number of carboxylic acids is 1. The molecular weight excluding hydrogens is 336 g/mol. The molecule has 1 saturated heterocycles. The van der Waals surface area contributed by atoms with Crippen molar-refractivity contribution in [3.8, 4) is 0 Å². The molecule has 0 unspecified atom stereocenters. The molecule has 0 amide bonds. The second kappa shape index (κ2) is 5.82. The standard InChI is InChI=1S/C15H20N2O6S/c1-9-7-11(8-13(10(9)2)17(20)21)24(22,23)16-12(14(18)19)5-6-15(16,3)4/h7-8,12H,5-6H2,1-4H3,(H,18,19)/t12-/m0/s1. The van der Waals surface area contributed by atoms with Crippen LogP contribution in [-0.2, 0) is 14.8 Å². The smallest absolute Gasteiger partial charge is 0.322 e. The van der Waals surface area contributed by atoms with Gasteiger partial charge < -0.3 is 5.11 Å². The summed E-state index contributed by atoms with van der Waals surface area (Å²) in [6, 6.07) is 1.18. The third-order valence-corrected chi connectivity index (χ3v) is 6.66. The zero-order chi connectivity index (χ0) is 18.4. The molecule has 0 radical (unpaired) electrons.